The smallest absolute Gasteiger partial charge is 0.261 e. The van der Waals surface area contributed by atoms with Crippen LogP contribution in [-0.4, -0.2) is 25.1 Å². The molecule has 0 unspecified atom stereocenters. The number of carbonyl (C=O) groups is 1. The van der Waals surface area contributed by atoms with Crippen molar-refractivity contribution in [1.29, 1.82) is 0 Å². The van der Waals surface area contributed by atoms with Crippen LogP contribution in [0.2, 0.25) is 0 Å². The number of benzene rings is 2. The number of hydrogen-bond donors (Lipinski definition) is 1. The van der Waals surface area contributed by atoms with Crippen LogP contribution in [-0.2, 0) is 17.8 Å². The Kier molecular flexibility index (Phi) is 8.18. The van der Waals surface area contributed by atoms with Gasteiger partial charge in [-0.3, -0.25) is 4.79 Å². The van der Waals surface area contributed by atoms with Gasteiger partial charge in [-0.25, -0.2) is 0 Å². The molecule has 0 aliphatic heterocycles. The van der Waals surface area contributed by atoms with Crippen molar-refractivity contribution in [2.75, 3.05) is 18.0 Å². The molecule has 0 heterocycles. The monoisotopic (exact) mass is 368 g/mol. The third kappa shape index (κ3) is 6.02. The van der Waals surface area contributed by atoms with E-state index in [0.717, 1.165) is 30.8 Å². The highest BCUT2D eigenvalue weighted by Crippen LogP contribution is 2.17. The molecule has 0 saturated heterocycles. The Labute approximate surface area is 163 Å². The average molecular weight is 369 g/mol. The van der Waals surface area contributed by atoms with Gasteiger partial charge in [-0.15, -0.1) is 0 Å². The molecule has 4 heteroatoms. The van der Waals surface area contributed by atoms with Gasteiger partial charge in [-0.2, -0.15) is 0 Å². The number of rotatable bonds is 10. The van der Waals surface area contributed by atoms with Gasteiger partial charge in [0.1, 0.15) is 5.75 Å². The number of amides is 1. The minimum atomic E-state index is -0.479. The summed E-state index contributed by atoms with van der Waals surface area (Å²) in [6.45, 7) is 10.9. The lowest BCUT2D eigenvalue weighted by atomic mass is 10.1. The second-order valence-electron chi connectivity index (χ2n) is 6.57. The lowest BCUT2D eigenvalue weighted by molar-refractivity contribution is -0.128. The maximum absolute atomic E-state index is 12.5. The van der Waals surface area contributed by atoms with Crippen LogP contribution < -0.4 is 15.0 Å². The topological polar surface area (TPSA) is 41.6 Å². The van der Waals surface area contributed by atoms with E-state index in [9.17, 15) is 4.79 Å². The summed E-state index contributed by atoms with van der Waals surface area (Å²) in [7, 11) is 0. The minimum Gasteiger partial charge on any atom is -0.481 e. The summed E-state index contributed by atoms with van der Waals surface area (Å²) in [6, 6.07) is 16.3. The maximum Gasteiger partial charge on any atom is 0.261 e. The van der Waals surface area contributed by atoms with Crippen LogP contribution in [0.5, 0.6) is 5.75 Å². The summed E-state index contributed by atoms with van der Waals surface area (Å²) >= 11 is 0. The average Bonchev–Trinajstić information content (AvgIpc) is 2.72. The van der Waals surface area contributed by atoms with Gasteiger partial charge >= 0.3 is 0 Å². The van der Waals surface area contributed by atoms with E-state index in [1.807, 2.05) is 31.2 Å². The Balaban J connectivity index is 1.90. The third-order valence-electron chi connectivity index (χ3n) is 4.80. The van der Waals surface area contributed by atoms with Crippen molar-refractivity contribution < 1.29 is 9.53 Å². The third-order valence-corrected chi connectivity index (χ3v) is 4.80. The molecule has 0 aliphatic carbocycles. The molecule has 0 spiro atoms. The lowest BCUT2D eigenvalue weighted by Crippen LogP contribution is -2.37. The molecule has 0 bridgehead atoms. The SMILES string of the molecule is CCc1ccc(O[C@@H](CC)C(=O)NCc2ccc(N(CC)CC)cc2)cc1. The van der Waals surface area contributed by atoms with Gasteiger partial charge in [0, 0.05) is 25.3 Å². The van der Waals surface area contributed by atoms with E-state index < -0.39 is 6.10 Å². The van der Waals surface area contributed by atoms with Crippen molar-refractivity contribution in [3.8, 4) is 5.75 Å². The second-order valence-corrected chi connectivity index (χ2v) is 6.57. The first kappa shape index (κ1) is 20.8. The van der Waals surface area contributed by atoms with Gasteiger partial charge in [0.2, 0.25) is 0 Å². The largest absolute Gasteiger partial charge is 0.481 e. The normalized spacial score (nSPS) is 11.7. The van der Waals surface area contributed by atoms with Crippen molar-refractivity contribution in [1.82, 2.24) is 5.32 Å². The number of carbonyl (C=O) groups excluding carboxylic acids is 1. The highest BCUT2D eigenvalue weighted by Gasteiger charge is 2.18. The summed E-state index contributed by atoms with van der Waals surface area (Å²) in [5.74, 6) is 0.655. The lowest BCUT2D eigenvalue weighted by Gasteiger charge is -2.21. The molecule has 0 saturated carbocycles. The van der Waals surface area contributed by atoms with Gasteiger partial charge in [0.15, 0.2) is 6.10 Å². The standard InChI is InChI=1S/C23H32N2O2/c1-5-18-11-15-21(16-12-18)27-22(6-2)23(26)24-17-19-9-13-20(14-10-19)25(7-3)8-4/h9-16,22H,5-8,17H2,1-4H3,(H,24,26)/t22-/m0/s1. The zero-order chi connectivity index (χ0) is 19.6. The van der Waals surface area contributed by atoms with Crippen molar-refractivity contribution in [2.45, 2.75) is 53.2 Å². The van der Waals surface area contributed by atoms with Crippen LogP contribution in [0, 0.1) is 0 Å². The van der Waals surface area contributed by atoms with E-state index in [0.29, 0.717) is 13.0 Å². The van der Waals surface area contributed by atoms with E-state index in [4.69, 9.17) is 4.74 Å². The molecule has 0 aliphatic rings. The van der Waals surface area contributed by atoms with Crippen molar-refractivity contribution in [2.24, 2.45) is 0 Å². The number of anilines is 1. The molecule has 0 aromatic heterocycles. The number of ether oxygens (including phenoxy) is 1. The van der Waals surface area contributed by atoms with Crippen molar-refractivity contribution in [3.05, 3.63) is 59.7 Å². The van der Waals surface area contributed by atoms with Crippen LogP contribution in [0.1, 0.15) is 45.2 Å². The zero-order valence-electron chi connectivity index (χ0n) is 17.0. The molecule has 1 atom stereocenters. The molecular formula is C23H32N2O2. The van der Waals surface area contributed by atoms with Crippen LogP contribution in [0.15, 0.2) is 48.5 Å². The van der Waals surface area contributed by atoms with Crippen molar-refractivity contribution in [3.63, 3.8) is 0 Å². The highest BCUT2D eigenvalue weighted by molar-refractivity contribution is 5.81. The quantitative estimate of drug-likeness (QED) is 0.668. The molecule has 2 rings (SSSR count). The predicted octanol–water partition coefficient (Wildman–Crippen LogP) is 4.57. The first-order chi connectivity index (χ1) is 13.1. The summed E-state index contributed by atoms with van der Waals surface area (Å²) < 4.78 is 5.87. The fourth-order valence-electron chi connectivity index (χ4n) is 3.01. The van der Waals surface area contributed by atoms with Gasteiger partial charge in [0.25, 0.3) is 5.91 Å². The Morgan fingerprint density at radius 2 is 1.52 bits per heavy atom. The zero-order valence-corrected chi connectivity index (χ0v) is 17.0. The van der Waals surface area contributed by atoms with Gasteiger partial charge < -0.3 is 15.0 Å². The Morgan fingerprint density at radius 3 is 2.04 bits per heavy atom. The number of aryl methyl sites for hydroxylation is 1. The molecule has 2 aromatic carbocycles. The number of hydrogen-bond acceptors (Lipinski definition) is 3. The second kappa shape index (κ2) is 10.6. The molecule has 0 radical (unpaired) electrons. The molecule has 27 heavy (non-hydrogen) atoms. The fraction of sp³-hybridized carbons (Fsp3) is 0.435. The molecule has 1 N–H and O–H groups in total. The van der Waals surface area contributed by atoms with E-state index in [-0.39, 0.29) is 5.91 Å². The maximum atomic E-state index is 12.5. The van der Waals surface area contributed by atoms with Crippen LogP contribution in [0.4, 0.5) is 5.69 Å². The number of nitrogens with zero attached hydrogens (tertiary/aromatic N) is 1. The summed E-state index contributed by atoms with van der Waals surface area (Å²) in [6.07, 6.45) is 1.14. The first-order valence-electron chi connectivity index (χ1n) is 9.98. The molecule has 146 valence electrons. The Hall–Kier alpha value is -2.49. The fourth-order valence-corrected chi connectivity index (χ4v) is 3.01. The first-order valence-corrected chi connectivity index (χ1v) is 9.98. The summed E-state index contributed by atoms with van der Waals surface area (Å²) in [5, 5.41) is 2.99. The van der Waals surface area contributed by atoms with E-state index in [1.54, 1.807) is 0 Å². The highest BCUT2D eigenvalue weighted by atomic mass is 16.5. The van der Waals surface area contributed by atoms with Crippen LogP contribution in [0.3, 0.4) is 0 Å². The molecule has 1 amide bonds. The van der Waals surface area contributed by atoms with E-state index in [1.165, 1.54) is 11.3 Å². The van der Waals surface area contributed by atoms with Crippen molar-refractivity contribution >= 4 is 11.6 Å². The summed E-state index contributed by atoms with van der Waals surface area (Å²) in [5.41, 5.74) is 3.55. The van der Waals surface area contributed by atoms with Crippen LogP contribution >= 0.6 is 0 Å². The Morgan fingerprint density at radius 1 is 0.926 bits per heavy atom. The molecule has 0 fully saturated rings. The molecule has 4 nitrogen and oxygen atoms in total. The van der Waals surface area contributed by atoms with E-state index >= 15 is 0 Å². The number of nitrogens with one attached hydrogen (secondary N) is 1. The summed E-state index contributed by atoms with van der Waals surface area (Å²) in [4.78, 5) is 14.8. The van der Waals surface area contributed by atoms with Gasteiger partial charge in [-0.05, 0) is 62.1 Å². The predicted molar refractivity (Wildman–Crippen MR) is 112 cm³/mol. The minimum absolute atomic E-state index is 0.0788. The Bertz CT molecular complexity index is 691. The van der Waals surface area contributed by atoms with E-state index in [2.05, 4.69) is 55.3 Å². The molecule has 2 aromatic rings. The van der Waals surface area contributed by atoms with Gasteiger partial charge in [-0.1, -0.05) is 38.1 Å². The van der Waals surface area contributed by atoms with Crippen LogP contribution in [0.25, 0.3) is 0 Å². The van der Waals surface area contributed by atoms with Gasteiger partial charge in [0.05, 0.1) is 0 Å². The molecular weight excluding hydrogens is 336 g/mol.